The fourth-order valence-corrected chi connectivity index (χ4v) is 2.05. The maximum absolute atomic E-state index is 12.2. The Morgan fingerprint density at radius 3 is 2.19 bits per heavy atom. The molecule has 0 aliphatic carbocycles. The van der Waals surface area contributed by atoms with Crippen LogP contribution in [0.5, 0.6) is 0 Å². The maximum atomic E-state index is 12.2. The number of halogens is 1. The molecule has 0 saturated heterocycles. The zero-order chi connectivity index (χ0) is 16.0. The molecule has 4 nitrogen and oxygen atoms in total. The molecule has 0 saturated carbocycles. The predicted octanol–water partition coefficient (Wildman–Crippen LogP) is 3.89. The van der Waals surface area contributed by atoms with Gasteiger partial charge in [-0.1, -0.05) is 32.4 Å². The summed E-state index contributed by atoms with van der Waals surface area (Å²) in [4.78, 5) is 24.2. The summed E-state index contributed by atoms with van der Waals surface area (Å²) in [5, 5.41) is 0.445. The van der Waals surface area contributed by atoms with Crippen LogP contribution in [0.2, 0.25) is 5.02 Å². The van der Waals surface area contributed by atoms with Crippen molar-refractivity contribution in [2.45, 2.75) is 34.1 Å². The summed E-state index contributed by atoms with van der Waals surface area (Å²) in [6.45, 7) is 8.04. The lowest BCUT2D eigenvalue weighted by Gasteiger charge is -2.13. The van der Waals surface area contributed by atoms with E-state index in [2.05, 4.69) is 0 Å². The number of esters is 2. The summed E-state index contributed by atoms with van der Waals surface area (Å²) in [6, 6.07) is 3.08. The van der Waals surface area contributed by atoms with E-state index >= 15 is 0 Å². The molecule has 116 valence electrons. The average Bonchev–Trinajstić information content (AvgIpc) is 2.44. The molecule has 1 aromatic rings. The first kappa shape index (κ1) is 17.5. The van der Waals surface area contributed by atoms with E-state index in [4.69, 9.17) is 21.1 Å². The maximum Gasteiger partial charge on any atom is 0.339 e. The first-order chi connectivity index (χ1) is 9.90. The first-order valence-electron chi connectivity index (χ1n) is 7.07. The number of hydrogen-bond donors (Lipinski definition) is 0. The monoisotopic (exact) mass is 312 g/mol. The molecule has 0 fully saturated rings. The van der Waals surface area contributed by atoms with Crippen molar-refractivity contribution in [1.29, 1.82) is 0 Å². The number of carbonyl (C=O) groups excluding carboxylic acids is 2. The molecular formula is C16H21ClO4. The molecule has 0 aliphatic heterocycles. The van der Waals surface area contributed by atoms with Crippen LogP contribution < -0.4 is 0 Å². The van der Waals surface area contributed by atoms with Crippen LogP contribution in [0, 0.1) is 5.92 Å². The zero-order valence-electron chi connectivity index (χ0n) is 12.9. The van der Waals surface area contributed by atoms with Gasteiger partial charge in [-0.3, -0.25) is 0 Å². The van der Waals surface area contributed by atoms with Crippen LogP contribution in [0.1, 0.15) is 54.0 Å². The summed E-state index contributed by atoms with van der Waals surface area (Å²) in [5.74, 6) is -0.880. The van der Waals surface area contributed by atoms with Crippen LogP contribution in [-0.2, 0) is 15.9 Å². The fraction of sp³-hybridized carbons (Fsp3) is 0.500. The van der Waals surface area contributed by atoms with Gasteiger partial charge < -0.3 is 9.47 Å². The van der Waals surface area contributed by atoms with Crippen LogP contribution >= 0.6 is 11.6 Å². The van der Waals surface area contributed by atoms with Crippen molar-refractivity contribution in [3.05, 3.63) is 33.8 Å². The highest BCUT2D eigenvalue weighted by atomic mass is 35.5. The van der Waals surface area contributed by atoms with E-state index in [9.17, 15) is 9.59 Å². The minimum atomic E-state index is -0.571. The second-order valence-corrected chi connectivity index (χ2v) is 5.46. The average molecular weight is 313 g/mol. The van der Waals surface area contributed by atoms with Gasteiger partial charge in [0.05, 0.1) is 24.3 Å². The number of rotatable bonds is 6. The van der Waals surface area contributed by atoms with Gasteiger partial charge in [0.25, 0.3) is 0 Å². The summed E-state index contributed by atoms with van der Waals surface area (Å²) >= 11 is 6.12. The lowest BCUT2D eigenvalue weighted by Crippen LogP contribution is -2.16. The normalized spacial score (nSPS) is 10.6. The number of hydrogen-bond acceptors (Lipinski definition) is 4. The van der Waals surface area contributed by atoms with E-state index in [1.165, 1.54) is 6.07 Å². The quantitative estimate of drug-likeness (QED) is 0.748. The van der Waals surface area contributed by atoms with Crippen LogP contribution in [0.3, 0.4) is 0 Å². The van der Waals surface area contributed by atoms with E-state index in [0.29, 0.717) is 18.1 Å². The van der Waals surface area contributed by atoms with Gasteiger partial charge in [0, 0.05) is 5.02 Å². The molecule has 0 amide bonds. The van der Waals surface area contributed by atoms with Crippen LogP contribution in [0.4, 0.5) is 0 Å². The van der Waals surface area contributed by atoms with E-state index in [-0.39, 0.29) is 23.7 Å². The van der Waals surface area contributed by atoms with Gasteiger partial charge in [-0.05, 0) is 37.0 Å². The second-order valence-electron chi connectivity index (χ2n) is 5.06. The highest BCUT2D eigenvalue weighted by Gasteiger charge is 2.22. The Balaban J connectivity index is 3.19. The Labute approximate surface area is 130 Å². The molecular weight excluding hydrogens is 292 g/mol. The van der Waals surface area contributed by atoms with Crippen LogP contribution in [-0.4, -0.2) is 25.2 Å². The summed E-state index contributed by atoms with van der Waals surface area (Å²) < 4.78 is 10.2. The van der Waals surface area contributed by atoms with Crippen molar-refractivity contribution >= 4 is 23.5 Å². The third kappa shape index (κ3) is 4.74. The minimum absolute atomic E-state index is 0.146. The Bertz CT molecular complexity index is 523. The number of carbonyl (C=O) groups is 2. The standard InChI is InChI=1S/C16H21ClO4/c1-5-11-7-12(16(19)21-9-10(3)4)13(8-14(11)17)15(18)20-6-2/h7-8,10H,5-6,9H2,1-4H3. The Morgan fingerprint density at radius 1 is 1.10 bits per heavy atom. The first-order valence-corrected chi connectivity index (χ1v) is 7.45. The van der Waals surface area contributed by atoms with Gasteiger partial charge in [-0.2, -0.15) is 0 Å². The van der Waals surface area contributed by atoms with Crippen molar-refractivity contribution in [3.63, 3.8) is 0 Å². The number of aryl methyl sites for hydroxylation is 1. The van der Waals surface area contributed by atoms with Gasteiger partial charge in [-0.15, -0.1) is 0 Å². The van der Waals surface area contributed by atoms with Crippen molar-refractivity contribution < 1.29 is 19.1 Å². The van der Waals surface area contributed by atoms with E-state index in [1.54, 1.807) is 13.0 Å². The highest BCUT2D eigenvalue weighted by molar-refractivity contribution is 6.32. The molecule has 0 spiro atoms. The second kappa shape index (κ2) is 8.03. The predicted molar refractivity (Wildman–Crippen MR) is 81.9 cm³/mol. The lowest BCUT2D eigenvalue weighted by atomic mass is 10.0. The molecule has 21 heavy (non-hydrogen) atoms. The van der Waals surface area contributed by atoms with Crippen molar-refractivity contribution in [2.24, 2.45) is 5.92 Å². The van der Waals surface area contributed by atoms with Gasteiger partial charge in [-0.25, -0.2) is 9.59 Å². The molecule has 0 N–H and O–H groups in total. The zero-order valence-corrected chi connectivity index (χ0v) is 13.6. The molecule has 0 atom stereocenters. The van der Waals surface area contributed by atoms with Gasteiger partial charge >= 0.3 is 11.9 Å². The molecule has 0 bridgehead atoms. The lowest BCUT2D eigenvalue weighted by molar-refractivity contribution is 0.0434. The Hall–Kier alpha value is -1.55. The summed E-state index contributed by atoms with van der Waals surface area (Å²) in [7, 11) is 0. The third-order valence-corrected chi connectivity index (χ3v) is 3.18. The molecule has 1 rings (SSSR count). The largest absolute Gasteiger partial charge is 0.462 e. The van der Waals surface area contributed by atoms with Crippen molar-refractivity contribution in [1.82, 2.24) is 0 Å². The van der Waals surface area contributed by atoms with Crippen LogP contribution in [0.25, 0.3) is 0 Å². The number of benzene rings is 1. The fourth-order valence-electron chi connectivity index (χ4n) is 1.76. The SMILES string of the molecule is CCOC(=O)c1cc(Cl)c(CC)cc1C(=O)OCC(C)C. The van der Waals surface area contributed by atoms with Gasteiger partial charge in [0.1, 0.15) is 0 Å². The summed E-state index contributed by atoms with van der Waals surface area (Å²) in [5.41, 5.74) is 1.14. The Kier molecular flexibility index (Phi) is 6.69. The molecule has 5 heteroatoms. The topological polar surface area (TPSA) is 52.6 Å². The molecule has 0 aliphatic rings. The summed E-state index contributed by atoms with van der Waals surface area (Å²) in [6.07, 6.45) is 0.659. The smallest absolute Gasteiger partial charge is 0.339 e. The van der Waals surface area contributed by atoms with Gasteiger partial charge in [0.15, 0.2) is 0 Å². The molecule has 0 heterocycles. The van der Waals surface area contributed by atoms with E-state index in [0.717, 1.165) is 5.56 Å². The van der Waals surface area contributed by atoms with E-state index in [1.807, 2.05) is 20.8 Å². The van der Waals surface area contributed by atoms with Gasteiger partial charge in [0.2, 0.25) is 0 Å². The van der Waals surface area contributed by atoms with Crippen molar-refractivity contribution in [2.75, 3.05) is 13.2 Å². The van der Waals surface area contributed by atoms with E-state index < -0.39 is 11.9 Å². The highest BCUT2D eigenvalue weighted by Crippen LogP contribution is 2.24. The number of ether oxygens (including phenoxy) is 2. The molecule has 0 radical (unpaired) electrons. The van der Waals surface area contributed by atoms with Crippen molar-refractivity contribution in [3.8, 4) is 0 Å². The van der Waals surface area contributed by atoms with Crippen LogP contribution in [0.15, 0.2) is 12.1 Å². The molecule has 0 aromatic heterocycles. The molecule has 0 unspecified atom stereocenters. The molecule has 1 aromatic carbocycles. The third-order valence-electron chi connectivity index (χ3n) is 2.83. The minimum Gasteiger partial charge on any atom is -0.462 e. The Morgan fingerprint density at radius 2 is 1.67 bits per heavy atom.